The number of esters is 1. The summed E-state index contributed by atoms with van der Waals surface area (Å²) >= 11 is 0. The Morgan fingerprint density at radius 3 is 2.61 bits per heavy atom. The molecule has 98 valence electrons. The molecule has 0 aliphatic rings. The molecule has 0 fully saturated rings. The van der Waals surface area contributed by atoms with E-state index in [0.29, 0.717) is 5.56 Å². The predicted octanol–water partition coefficient (Wildman–Crippen LogP) is 0.616. The first-order valence-corrected chi connectivity index (χ1v) is 5.25. The SMILES string of the molecule is COC(=O)CCc1cc(O)ccc1C(O)C(=O)O. The fraction of sp³-hybridized carbons (Fsp3) is 0.333. The summed E-state index contributed by atoms with van der Waals surface area (Å²) in [4.78, 5) is 21.7. The number of hydrogen-bond acceptors (Lipinski definition) is 5. The van der Waals surface area contributed by atoms with Crippen molar-refractivity contribution in [2.24, 2.45) is 0 Å². The van der Waals surface area contributed by atoms with Gasteiger partial charge >= 0.3 is 11.9 Å². The van der Waals surface area contributed by atoms with E-state index < -0.39 is 18.0 Å². The van der Waals surface area contributed by atoms with Crippen LogP contribution in [0.1, 0.15) is 23.7 Å². The van der Waals surface area contributed by atoms with E-state index in [1.165, 1.54) is 25.3 Å². The lowest BCUT2D eigenvalue weighted by molar-refractivity contribution is -0.147. The second-order valence-electron chi connectivity index (χ2n) is 3.70. The van der Waals surface area contributed by atoms with Crippen molar-refractivity contribution in [3.8, 4) is 5.75 Å². The van der Waals surface area contributed by atoms with Gasteiger partial charge in [-0.3, -0.25) is 4.79 Å². The summed E-state index contributed by atoms with van der Waals surface area (Å²) in [5.74, 6) is -1.90. The van der Waals surface area contributed by atoms with Crippen LogP contribution < -0.4 is 0 Å². The Bertz CT molecular complexity index is 454. The molecule has 3 N–H and O–H groups in total. The Labute approximate surface area is 103 Å². The van der Waals surface area contributed by atoms with Crippen LogP contribution in [0.25, 0.3) is 0 Å². The van der Waals surface area contributed by atoms with E-state index >= 15 is 0 Å². The minimum atomic E-state index is -1.68. The number of carbonyl (C=O) groups is 2. The molecule has 1 rings (SSSR count). The number of benzene rings is 1. The number of ether oxygens (including phenoxy) is 1. The number of aryl methyl sites for hydroxylation is 1. The predicted molar refractivity (Wildman–Crippen MR) is 61.0 cm³/mol. The van der Waals surface area contributed by atoms with Crippen molar-refractivity contribution in [2.45, 2.75) is 18.9 Å². The van der Waals surface area contributed by atoms with Crippen LogP contribution in [0.4, 0.5) is 0 Å². The summed E-state index contributed by atoms with van der Waals surface area (Å²) in [7, 11) is 1.25. The van der Waals surface area contributed by atoms with Crippen molar-refractivity contribution < 1.29 is 29.6 Å². The Hall–Kier alpha value is -2.08. The molecule has 0 heterocycles. The molecule has 0 saturated heterocycles. The topological polar surface area (TPSA) is 104 Å². The number of methoxy groups -OCH3 is 1. The lowest BCUT2D eigenvalue weighted by atomic mass is 9.98. The zero-order valence-corrected chi connectivity index (χ0v) is 9.79. The summed E-state index contributed by atoms with van der Waals surface area (Å²) in [6.45, 7) is 0. The van der Waals surface area contributed by atoms with Crippen LogP contribution in [0.15, 0.2) is 18.2 Å². The molecule has 0 aromatic heterocycles. The molecular weight excluding hydrogens is 240 g/mol. The third kappa shape index (κ3) is 3.46. The van der Waals surface area contributed by atoms with Crippen LogP contribution >= 0.6 is 0 Å². The van der Waals surface area contributed by atoms with Gasteiger partial charge < -0.3 is 20.1 Å². The van der Waals surface area contributed by atoms with E-state index in [2.05, 4.69) is 4.74 Å². The van der Waals surface area contributed by atoms with Crippen molar-refractivity contribution in [3.05, 3.63) is 29.3 Å². The van der Waals surface area contributed by atoms with E-state index in [-0.39, 0.29) is 24.2 Å². The summed E-state index contributed by atoms with van der Waals surface area (Å²) in [5, 5.41) is 27.6. The van der Waals surface area contributed by atoms with Gasteiger partial charge in [-0.1, -0.05) is 6.07 Å². The zero-order valence-electron chi connectivity index (χ0n) is 9.79. The van der Waals surface area contributed by atoms with Crippen LogP contribution in [0.2, 0.25) is 0 Å². The van der Waals surface area contributed by atoms with Crippen molar-refractivity contribution in [1.82, 2.24) is 0 Å². The molecule has 0 bridgehead atoms. The normalized spacial score (nSPS) is 11.9. The number of carboxylic acid groups (broad SMARTS) is 1. The lowest BCUT2D eigenvalue weighted by Crippen LogP contribution is -2.13. The first-order valence-electron chi connectivity index (χ1n) is 5.25. The average Bonchev–Trinajstić information content (AvgIpc) is 2.35. The highest BCUT2D eigenvalue weighted by atomic mass is 16.5. The number of aromatic hydroxyl groups is 1. The highest BCUT2D eigenvalue weighted by Crippen LogP contribution is 2.24. The summed E-state index contributed by atoms with van der Waals surface area (Å²) in [6.07, 6.45) is -1.46. The Balaban J connectivity index is 2.96. The largest absolute Gasteiger partial charge is 0.508 e. The molecule has 1 aromatic carbocycles. The molecular formula is C12H14O6. The number of phenolic OH excluding ortho intramolecular Hbond substituents is 1. The number of phenols is 1. The maximum Gasteiger partial charge on any atom is 0.337 e. The second kappa shape index (κ2) is 6.02. The number of aliphatic carboxylic acids is 1. The third-order valence-corrected chi connectivity index (χ3v) is 2.48. The minimum Gasteiger partial charge on any atom is -0.508 e. The molecule has 6 nitrogen and oxygen atoms in total. The number of carboxylic acids is 1. The van der Waals surface area contributed by atoms with Gasteiger partial charge in [0.05, 0.1) is 7.11 Å². The van der Waals surface area contributed by atoms with Crippen LogP contribution in [0, 0.1) is 0 Å². The number of aliphatic hydroxyl groups excluding tert-OH is 1. The monoisotopic (exact) mass is 254 g/mol. The Kier molecular flexibility index (Phi) is 4.67. The van der Waals surface area contributed by atoms with E-state index in [0.717, 1.165) is 0 Å². The van der Waals surface area contributed by atoms with Gasteiger partial charge in [-0.15, -0.1) is 0 Å². The smallest absolute Gasteiger partial charge is 0.337 e. The van der Waals surface area contributed by atoms with Crippen molar-refractivity contribution in [1.29, 1.82) is 0 Å². The van der Waals surface area contributed by atoms with Gasteiger partial charge in [0.15, 0.2) is 6.10 Å². The highest BCUT2D eigenvalue weighted by molar-refractivity contribution is 5.75. The van der Waals surface area contributed by atoms with Crippen LogP contribution in [0.5, 0.6) is 5.75 Å². The first-order chi connectivity index (χ1) is 8.45. The van der Waals surface area contributed by atoms with E-state index in [9.17, 15) is 19.8 Å². The number of carbonyl (C=O) groups excluding carboxylic acids is 1. The van der Waals surface area contributed by atoms with Crippen molar-refractivity contribution in [2.75, 3.05) is 7.11 Å². The van der Waals surface area contributed by atoms with Crippen molar-refractivity contribution >= 4 is 11.9 Å². The Morgan fingerprint density at radius 1 is 1.39 bits per heavy atom. The molecule has 6 heteroatoms. The quantitative estimate of drug-likeness (QED) is 0.665. The summed E-state index contributed by atoms with van der Waals surface area (Å²) < 4.78 is 4.47. The van der Waals surface area contributed by atoms with E-state index in [4.69, 9.17) is 5.11 Å². The lowest BCUT2D eigenvalue weighted by Gasteiger charge is -2.12. The maximum atomic E-state index is 11.0. The molecule has 18 heavy (non-hydrogen) atoms. The van der Waals surface area contributed by atoms with Gasteiger partial charge in [0.2, 0.25) is 0 Å². The zero-order chi connectivity index (χ0) is 13.7. The van der Waals surface area contributed by atoms with Crippen LogP contribution in [-0.2, 0) is 20.7 Å². The van der Waals surface area contributed by atoms with Crippen LogP contribution in [-0.4, -0.2) is 34.4 Å². The molecule has 0 spiro atoms. The van der Waals surface area contributed by atoms with Gasteiger partial charge in [0, 0.05) is 6.42 Å². The van der Waals surface area contributed by atoms with E-state index in [1.54, 1.807) is 0 Å². The van der Waals surface area contributed by atoms with Gasteiger partial charge in [-0.05, 0) is 29.7 Å². The molecule has 1 atom stereocenters. The highest BCUT2D eigenvalue weighted by Gasteiger charge is 2.20. The molecule has 0 saturated carbocycles. The summed E-state index contributed by atoms with van der Waals surface area (Å²) in [6, 6.07) is 3.92. The van der Waals surface area contributed by atoms with Crippen molar-refractivity contribution in [3.63, 3.8) is 0 Å². The molecule has 0 radical (unpaired) electrons. The van der Waals surface area contributed by atoms with Gasteiger partial charge in [0.1, 0.15) is 5.75 Å². The Morgan fingerprint density at radius 2 is 2.06 bits per heavy atom. The number of aliphatic hydroxyl groups is 1. The molecule has 1 aromatic rings. The van der Waals surface area contributed by atoms with Crippen LogP contribution in [0.3, 0.4) is 0 Å². The average molecular weight is 254 g/mol. The minimum absolute atomic E-state index is 0.0410. The number of rotatable bonds is 5. The third-order valence-electron chi connectivity index (χ3n) is 2.48. The van der Waals surface area contributed by atoms with Gasteiger partial charge in [-0.2, -0.15) is 0 Å². The molecule has 0 amide bonds. The molecule has 0 aliphatic carbocycles. The van der Waals surface area contributed by atoms with Gasteiger partial charge in [-0.25, -0.2) is 4.79 Å². The summed E-state index contributed by atoms with van der Waals surface area (Å²) in [5.41, 5.74) is 0.555. The van der Waals surface area contributed by atoms with E-state index in [1.807, 2.05) is 0 Å². The maximum absolute atomic E-state index is 11.0. The first kappa shape index (κ1) is 14.0. The van der Waals surface area contributed by atoms with Gasteiger partial charge in [0.25, 0.3) is 0 Å². The molecule has 1 unspecified atom stereocenters. The molecule has 0 aliphatic heterocycles. The second-order valence-corrected chi connectivity index (χ2v) is 3.70. The fourth-order valence-electron chi connectivity index (χ4n) is 1.55. The fourth-order valence-corrected chi connectivity index (χ4v) is 1.55. The number of hydrogen-bond donors (Lipinski definition) is 3. The standard InChI is InChI=1S/C12H14O6/c1-18-10(14)5-2-7-6-8(13)3-4-9(7)11(15)12(16)17/h3-4,6,11,13,15H,2,5H2,1H3,(H,16,17).